The van der Waals surface area contributed by atoms with E-state index in [1.165, 1.54) is 37.6 Å². The third-order valence-electron chi connectivity index (χ3n) is 3.94. The molecule has 0 saturated carbocycles. The average Bonchev–Trinajstić information content (AvgIpc) is 3.01. The van der Waals surface area contributed by atoms with Crippen LogP contribution in [-0.4, -0.2) is 60.1 Å². The van der Waals surface area contributed by atoms with E-state index >= 15 is 0 Å². The molecule has 1 aromatic rings. The number of piperazine rings is 1. The van der Waals surface area contributed by atoms with Gasteiger partial charge in [0.2, 0.25) is 0 Å². The molecule has 1 atom stereocenters. The summed E-state index contributed by atoms with van der Waals surface area (Å²) in [4.78, 5) is 9.78. The van der Waals surface area contributed by atoms with Crippen LogP contribution in [0.1, 0.15) is 17.1 Å². The van der Waals surface area contributed by atoms with Crippen LogP contribution in [0.3, 0.4) is 0 Å². The molecule has 6 heteroatoms. The van der Waals surface area contributed by atoms with Gasteiger partial charge >= 0.3 is 0 Å². The van der Waals surface area contributed by atoms with Gasteiger partial charge < -0.3 is 5.32 Å². The molecule has 2 fully saturated rings. The maximum Gasteiger partial charge on any atom is 0.107 e. The van der Waals surface area contributed by atoms with Crippen molar-refractivity contribution in [1.82, 2.24) is 20.1 Å². The molecule has 1 aromatic heterocycles. The summed E-state index contributed by atoms with van der Waals surface area (Å²) in [6.07, 6.45) is 1.32. The number of aromatic nitrogens is 1. The number of rotatable bonds is 3. The summed E-state index contributed by atoms with van der Waals surface area (Å²) in [6, 6.07) is 0.771. The summed E-state index contributed by atoms with van der Waals surface area (Å²) in [5, 5.41) is 6.85. The summed E-state index contributed by atoms with van der Waals surface area (Å²) < 4.78 is 0. The van der Waals surface area contributed by atoms with Crippen molar-refractivity contribution in [2.45, 2.75) is 25.9 Å². The van der Waals surface area contributed by atoms with E-state index in [2.05, 4.69) is 32.4 Å². The molecule has 1 unspecified atom stereocenters. The van der Waals surface area contributed by atoms with Crippen molar-refractivity contribution in [3.8, 4) is 0 Å². The fourth-order valence-corrected chi connectivity index (χ4v) is 3.78. The molecule has 2 saturated heterocycles. The number of nitrogens with one attached hydrogen (secondary N) is 1. The molecule has 3 heterocycles. The minimum Gasteiger partial charge on any atom is -0.314 e. The molecule has 2 aliphatic heterocycles. The van der Waals surface area contributed by atoms with Gasteiger partial charge in [-0.25, -0.2) is 4.98 Å². The minimum atomic E-state index is 0. The third kappa shape index (κ3) is 3.89. The Morgan fingerprint density at radius 2 is 2.16 bits per heavy atom. The molecule has 4 nitrogen and oxygen atoms in total. The zero-order valence-electron chi connectivity index (χ0n) is 11.5. The number of nitrogens with zero attached hydrogens (tertiary/aromatic N) is 3. The fraction of sp³-hybridized carbons (Fsp3) is 0.769. The molecule has 0 bridgehead atoms. The molecule has 108 valence electrons. The highest BCUT2D eigenvalue weighted by atomic mass is 35.5. The van der Waals surface area contributed by atoms with E-state index in [1.54, 1.807) is 11.3 Å². The lowest BCUT2D eigenvalue weighted by atomic mass is 10.2. The Labute approximate surface area is 125 Å². The van der Waals surface area contributed by atoms with Crippen LogP contribution in [0.4, 0.5) is 0 Å². The van der Waals surface area contributed by atoms with E-state index in [-0.39, 0.29) is 12.4 Å². The molecule has 0 spiro atoms. The van der Waals surface area contributed by atoms with Crippen molar-refractivity contribution >= 4 is 23.7 Å². The highest BCUT2D eigenvalue weighted by Crippen LogP contribution is 2.19. The first-order chi connectivity index (χ1) is 8.81. The molecule has 19 heavy (non-hydrogen) atoms. The fourth-order valence-electron chi connectivity index (χ4n) is 2.97. The van der Waals surface area contributed by atoms with Crippen LogP contribution < -0.4 is 5.32 Å². The SMILES string of the molecule is Cc1csc(CN2CCC(N3CCNCC3)C2)n1.Cl. The Morgan fingerprint density at radius 3 is 2.84 bits per heavy atom. The Kier molecular flexibility index (Phi) is 5.59. The monoisotopic (exact) mass is 302 g/mol. The number of thiazole rings is 1. The van der Waals surface area contributed by atoms with Crippen molar-refractivity contribution in [2.75, 3.05) is 39.3 Å². The van der Waals surface area contributed by atoms with Gasteiger partial charge in [0.15, 0.2) is 0 Å². The van der Waals surface area contributed by atoms with Gasteiger partial charge in [-0.2, -0.15) is 0 Å². The number of hydrogen-bond acceptors (Lipinski definition) is 5. The number of halogens is 1. The van der Waals surface area contributed by atoms with Gasteiger partial charge in [-0.05, 0) is 13.3 Å². The number of hydrogen-bond donors (Lipinski definition) is 1. The largest absolute Gasteiger partial charge is 0.314 e. The molecule has 1 N–H and O–H groups in total. The predicted molar refractivity (Wildman–Crippen MR) is 82.2 cm³/mol. The molecule has 3 rings (SSSR count). The third-order valence-corrected chi connectivity index (χ3v) is 4.89. The van der Waals surface area contributed by atoms with Crippen molar-refractivity contribution in [2.24, 2.45) is 0 Å². The van der Waals surface area contributed by atoms with Crippen LogP contribution in [0.5, 0.6) is 0 Å². The zero-order valence-corrected chi connectivity index (χ0v) is 13.1. The van der Waals surface area contributed by atoms with E-state index in [1.807, 2.05) is 0 Å². The Morgan fingerprint density at radius 1 is 1.37 bits per heavy atom. The average molecular weight is 303 g/mol. The van der Waals surface area contributed by atoms with E-state index in [0.717, 1.165) is 31.4 Å². The summed E-state index contributed by atoms with van der Waals surface area (Å²) in [6.45, 7) is 10.3. The number of likely N-dealkylation sites (tertiary alicyclic amines) is 1. The molecule has 0 aromatic carbocycles. The van der Waals surface area contributed by atoms with Gasteiger partial charge in [-0.15, -0.1) is 23.7 Å². The normalized spacial score (nSPS) is 25.4. The maximum atomic E-state index is 4.56. The van der Waals surface area contributed by atoms with Crippen LogP contribution in [0.25, 0.3) is 0 Å². The van der Waals surface area contributed by atoms with Crippen LogP contribution >= 0.6 is 23.7 Å². The van der Waals surface area contributed by atoms with E-state index in [0.29, 0.717) is 0 Å². The molecule has 0 amide bonds. The van der Waals surface area contributed by atoms with Gasteiger partial charge in [0.1, 0.15) is 5.01 Å². The van der Waals surface area contributed by atoms with Crippen molar-refractivity contribution < 1.29 is 0 Å². The smallest absolute Gasteiger partial charge is 0.107 e. The summed E-state index contributed by atoms with van der Waals surface area (Å²) in [5.41, 5.74) is 1.16. The van der Waals surface area contributed by atoms with E-state index in [9.17, 15) is 0 Å². The first-order valence-electron chi connectivity index (χ1n) is 6.89. The first-order valence-corrected chi connectivity index (χ1v) is 7.77. The van der Waals surface area contributed by atoms with Crippen molar-refractivity contribution in [1.29, 1.82) is 0 Å². The summed E-state index contributed by atoms with van der Waals surface area (Å²) >= 11 is 1.80. The van der Waals surface area contributed by atoms with Gasteiger partial charge in [-0.1, -0.05) is 0 Å². The molecule has 2 aliphatic rings. The molecular formula is C13H23ClN4S. The first kappa shape index (κ1) is 15.2. The maximum absolute atomic E-state index is 4.56. The second-order valence-electron chi connectivity index (χ2n) is 5.35. The zero-order chi connectivity index (χ0) is 12.4. The topological polar surface area (TPSA) is 31.4 Å². The molecule has 0 aliphatic carbocycles. The van der Waals surface area contributed by atoms with Crippen molar-refractivity contribution in [3.63, 3.8) is 0 Å². The summed E-state index contributed by atoms with van der Waals surface area (Å²) in [7, 11) is 0. The van der Waals surface area contributed by atoms with Gasteiger partial charge in [-0.3, -0.25) is 9.80 Å². The Bertz CT molecular complexity index is 392. The van der Waals surface area contributed by atoms with E-state index < -0.39 is 0 Å². The highest BCUT2D eigenvalue weighted by molar-refractivity contribution is 7.09. The van der Waals surface area contributed by atoms with Crippen LogP contribution in [0.15, 0.2) is 5.38 Å². The highest BCUT2D eigenvalue weighted by Gasteiger charge is 2.28. The van der Waals surface area contributed by atoms with Crippen molar-refractivity contribution in [3.05, 3.63) is 16.1 Å². The predicted octanol–water partition coefficient (Wildman–Crippen LogP) is 1.35. The van der Waals surface area contributed by atoms with E-state index in [4.69, 9.17) is 0 Å². The lowest BCUT2D eigenvalue weighted by molar-refractivity contribution is 0.170. The minimum absolute atomic E-state index is 0. The van der Waals surface area contributed by atoms with Crippen LogP contribution in [0.2, 0.25) is 0 Å². The van der Waals surface area contributed by atoms with Crippen LogP contribution in [-0.2, 0) is 6.54 Å². The molecular weight excluding hydrogens is 280 g/mol. The quantitative estimate of drug-likeness (QED) is 0.913. The standard InChI is InChI=1S/C13H22N4S.ClH/c1-11-10-18-13(15-11)9-16-5-2-12(8-16)17-6-3-14-4-7-17;/h10,12,14H,2-9H2,1H3;1H. The summed E-state index contributed by atoms with van der Waals surface area (Å²) in [5.74, 6) is 0. The van der Waals surface area contributed by atoms with Crippen LogP contribution in [0, 0.1) is 6.92 Å². The lowest BCUT2D eigenvalue weighted by Crippen LogP contribution is -2.49. The number of aryl methyl sites for hydroxylation is 1. The van der Waals surface area contributed by atoms with Gasteiger partial charge in [0.05, 0.1) is 6.54 Å². The van der Waals surface area contributed by atoms with Gasteiger partial charge in [0, 0.05) is 56.4 Å². The second kappa shape index (κ2) is 6.99. The molecule has 0 radical (unpaired) electrons. The van der Waals surface area contributed by atoms with Gasteiger partial charge in [0.25, 0.3) is 0 Å². The second-order valence-corrected chi connectivity index (χ2v) is 6.29. The Balaban J connectivity index is 0.00000133. The lowest BCUT2D eigenvalue weighted by Gasteiger charge is -2.32. The Hall–Kier alpha value is -0.200.